The van der Waals surface area contributed by atoms with E-state index in [1.807, 2.05) is 4.90 Å². The summed E-state index contributed by atoms with van der Waals surface area (Å²) in [6, 6.07) is 11.1. The number of fused-ring (bicyclic) bond motifs is 2. The normalized spacial score (nSPS) is 16.4. The Labute approximate surface area is 195 Å². The maximum Gasteiger partial charge on any atom is 0.341 e. The molecule has 4 aromatic rings. The van der Waals surface area contributed by atoms with Crippen molar-refractivity contribution in [3.05, 3.63) is 80.9 Å². The minimum Gasteiger partial charge on any atom is -0.477 e. The van der Waals surface area contributed by atoms with Crippen LogP contribution in [0.5, 0.6) is 0 Å². The average molecular weight is 461 g/mol. The van der Waals surface area contributed by atoms with Crippen LogP contribution in [0.25, 0.3) is 21.9 Å². The number of pyridine rings is 2. The Hall–Kier alpha value is -3.78. The molecule has 1 unspecified atom stereocenters. The Bertz CT molecular complexity index is 1530. The van der Waals surface area contributed by atoms with Crippen LogP contribution in [0.15, 0.2) is 47.4 Å². The van der Waals surface area contributed by atoms with Crippen LogP contribution in [0, 0.1) is 19.7 Å². The van der Waals surface area contributed by atoms with Gasteiger partial charge in [-0.15, -0.1) is 0 Å². The monoisotopic (exact) mass is 460 g/mol. The van der Waals surface area contributed by atoms with Gasteiger partial charge in [0.1, 0.15) is 17.0 Å². The van der Waals surface area contributed by atoms with E-state index in [9.17, 15) is 14.7 Å². The van der Waals surface area contributed by atoms with Gasteiger partial charge in [-0.25, -0.2) is 14.2 Å². The molecule has 8 heteroatoms. The lowest BCUT2D eigenvalue weighted by molar-refractivity contribution is 0.0695. The topological polar surface area (TPSA) is 87.5 Å². The first-order valence-electron chi connectivity index (χ1n) is 11.2. The molecular weight excluding hydrogens is 435 g/mol. The fourth-order valence-electron chi connectivity index (χ4n) is 4.64. The number of halogens is 1. The Morgan fingerprint density at radius 2 is 1.97 bits per heavy atom. The van der Waals surface area contributed by atoms with Gasteiger partial charge in [0.25, 0.3) is 0 Å². The molecule has 2 N–H and O–H groups in total. The summed E-state index contributed by atoms with van der Waals surface area (Å²) < 4.78 is 16.8. The van der Waals surface area contributed by atoms with Crippen molar-refractivity contribution in [3.63, 3.8) is 0 Å². The highest BCUT2D eigenvalue weighted by Crippen LogP contribution is 2.30. The summed E-state index contributed by atoms with van der Waals surface area (Å²) in [6.07, 6.45) is 1.26. The zero-order valence-electron chi connectivity index (χ0n) is 19.2. The van der Waals surface area contributed by atoms with E-state index in [1.165, 1.54) is 39.6 Å². The van der Waals surface area contributed by atoms with Gasteiger partial charge in [-0.1, -0.05) is 18.2 Å². The minimum atomic E-state index is -1.30. The molecule has 1 atom stereocenters. The number of benzene rings is 2. The molecule has 34 heavy (non-hydrogen) atoms. The number of nitrogens with one attached hydrogen (secondary N) is 1. The molecule has 0 bridgehead atoms. The van der Waals surface area contributed by atoms with Crippen molar-refractivity contribution in [2.45, 2.75) is 19.9 Å². The Balaban J connectivity index is 1.56. The van der Waals surface area contributed by atoms with E-state index in [4.69, 9.17) is 0 Å². The fraction of sp³-hybridized carbons (Fsp3) is 0.269. The van der Waals surface area contributed by atoms with Crippen LogP contribution in [0.1, 0.15) is 33.1 Å². The molecule has 5 rings (SSSR count). The van der Waals surface area contributed by atoms with Crippen molar-refractivity contribution in [2.75, 3.05) is 24.5 Å². The SMILES string of the molecule is Cc1ccc(C2CN(c3cc4nc5c(cc4cc3F)c(=O)c(C(=O)O)cn5C)CCN2)cc1C. The highest BCUT2D eigenvalue weighted by molar-refractivity contribution is 5.96. The third kappa shape index (κ3) is 3.70. The van der Waals surface area contributed by atoms with Gasteiger partial charge >= 0.3 is 5.97 Å². The number of anilines is 1. The molecule has 1 saturated heterocycles. The summed E-state index contributed by atoms with van der Waals surface area (Å²) >= 11 is 0. The third-order valence-electron chi connectivity index (χ3n) is 6.69. The number of rotatable bonds is 3. The second-order valence-electron chi connectivity index (χ2n) is 8.94. The number of aromatic carboxylic acids is 1. The number of carboxylic acids is 1. The lowest BCUT2D eigenvalue weighted by atomic mass is 9.99. The summed E-state index contributed by atoms with van der Waals surface area (Å²) in [5.41, 5.74) is 4.02. The van der Waals surface area contributed by atoms with Gasteiger partial charge in [-0.05, 0) is 48.7 Å². The molecule has 0 amide bonds. The average Bonchev–Trinajstić information content (AvgIpc) is 2.81. The Morgan fingerprint density at radius 3 is 2.71 bits per heavy atom. The van der Waals surface area contributed by atoms with Gasteiger partial charge in [0.2, 0.25) is 5.43 Å². The van der Waals surface area contributed by atoms with Crippen molar-refractivity contribution in [3.8, 4) is 0 Å². The first kappa shape index (κ1) is 22.0. The third-order valence-corrected chi connectivity index (χ3v) is 6.69. The number of hydrogen-bond acceptors (Lipinski definition) is 5. The van der Waals surface area contributed by atoms with E-state index >= 15 is 4.39 Å². The van der Waals surface area contributed by atoms with E-state index in [-0.39, 0.29) is 17.0 Å². The maximum atomic E-state index is 15.3. The van der Waals surface area contributed by atoms with E-state index < -0.39 is 17.2 Å². The first-order chi connectivity index (χ1) is 16.2. The summed E-state index contributed by atoms with van der Waals surface area (Å²) in [7, 11) is 1.64. The van der Waals surface area contributed by atoms with Crippen LogP contribution in [-0.2, 0) is 7.05 Å². The Kier molecular flexibility index (Phi) is 5.32. The molecule has 2 aromatic heterocycles. The molecule has 1 fully saturated rings. The summed E-state index contributed by atoms with van der Waals surface area (Å²) in [4.78, 5) is 30.7. The summed E-state index contributed by atoms with van der Waals surface area (Å²) in [5, 5.41) is 13.4. The van der Waals surface area contributed by atoms with Crippen molar-refractivity contribution in [1.29, 1.82) is 0 Å². The van der Waals surface area contributed by atoms with Gasteiger partial charge in [0, 0.05) is 44.3 Å². The highest BCUT2D eigenvalue weighted by atomic mass is 19.1. The lowest BCUT2D eigenvalue weighted by Crippen LogP contribution is -2.46. The van der Waals surface area contributed by atoms with E-state index in [2.05, 4.69) is 42.3 Å². The zero-order valence-corrected chi connectivity index (χ0v) is 19.2. The molecule has 174 valence electrons. The number of piperazine rings is 1. The largest absolute Gasteiger partial charge is 0.477 e. The van der Waals surface area contributed by atoms with Gasteiger partial charge in [0.15, 0.2) is 0 Å². The number of carboxylic acid groups (broad SMARTS) is 1. The molecule has 1 aliphatic rings. The van der Waals surface area contributed by atoms with Gasteiger partial charge in [-0.3, -0.25) is 4.79 Å². The van der Waals surface area contributed by atoms with Crippen LogP contribution >= 0.6 is 0 Å². The number of aryl methyl sites for hydroxylation is 3. The molecule has 1 aliphatic heterocycles. The predicted molar refractivity (Wildman–Crippen MR) is 130 cm³/mol. The van der Waals surface area contributed by atoms with Crippen molar-refractivity contribution in [2.24, 2.45) is 7.05 Å². The van der Waals surface area contributed by atoms with Gasteiger partial charge in [0.05, 0.1) is 16.6 Å². The molecule has 0 saturated carbocycles. The summed E-state index contributed by atoms with van der Waals surface area (Å²) in [6.45, 7) is 6.15. The predicted octanol–water partition coefficient (Wildman–Crippen LogP) is 3.69. The highest BCUT2D eigenvalue weighted by Gasteiger charge is 2.24. The second kappa shape index (κ2) is 8.22. The van der Waals surface area contributed by atoms with Crippen LogP contribution in [0.3, 0.4) is 0 Å². The molecule has 0 radical (unpaired) electrons. The van der Waals surface area contributed by atoms with Crippen LogP contribution in [0.2, 0.25) is 0 Å². The number of hydrogen-bond donors (Lipinski definition) is 2. The lowest BCUT2D eigenvalue weighted by Gasteiger charge is -2.36. The van der Waals surface area contributed by atoms with Crippen molar-refractivity contribution >= 4 is 33.6 Å². The summed E-state index contributed by atoms with van der Waals surface area (Å²) in [5.74, 6) is -1.71. The molecule has 7 nitrogen and oxygen atoms in total. The molecular formula is C26H25FN4O3. The van der Waals surface area contributed by atoms with E-state index in [0.29, 0.717) is 41.9 Å². The quantitative estimate of drug-likeness (QED) is 0.454. The van der Waals surface area contributed by atoms with E-state index in [0.717, 1.165) is 0 Å². The number of carbonyl (C=O) groups is 1. The van der Waals surface area contributed by atoms with Crippen LogP contribution < -0.4 is 15.6 Å². The molecule has 0 spiro atoms. The zero-order chi connectivity index (χ0) is 24.1. The van der Waals surface area contributed by atoms with Gasteiger partial charge < -0.3 is 19.9 Å². The smallest absolute Gasteiger partial charge is 0.341 e. The Morgan fingerprint density at radius 1 is 1.18 bits per heavy atom. The standard InChI is InChI=1S/C26H25FN4O3/c1-14-4-5-16(8-15(14)2)22-13-31(7-6-28-22)23-11-21-17(10-20(23)27)9-18-24(32)19(26(33)34)12-30(3)25(18)29-21/h4-5,8-12,22,28H,6-7,13H2,1-3H3,(H,33,34). The van der Waals surface area contributed by atoms with Crippen LogP contribution in [-0.4, -0.2) is 40.3 Å². The molecule has 3 heterocycles. The van der Waals surface area contributed by atoms with Gasteiger partial charge in [-0.2, -0.15) is 0 Å². The van der Waals surface area contributed by atoms with Crippen LogP contribution in [0.4, 0.5) is 10.1 Å². The van der Waals surface area contributed by atoms with Crippen molar-refractivity contribution in [1.82, 2.24) is 14.9 Å². The maximum absolute atomic E-state index is 15.3. The minimum absolute atomic E-state index is 0.0722. The fourth-order valence-corrected chi connectivity index (χ4v) is 4.64. The second-order valence-corrected chi connectivity index (χ2v) is 8.94. The molecule has 2 aromatic carbocycles. The molecule has 0 aliphatic carbocycles. The van der Waals surface area contributed by atoms with Crippen molar-refractivity contribution < 1.29 is 14.3 Å². The number of aromatic nitrogens is 2. The first-order valence-corrected chi connectivity index (χ1v) is 11.2. The van der Waals surface area contributed by atoms with E-state index in [1.54, 1.807) is 13.1 Å². The number of nitrogens with zero attached hydrogens (tertiary/aromatic N) is 3.